The van der Waals surface area contributed by atoms with Crippen LogP contribution >= 0.6 is 0 Å². The van der Waals surface area contributed by atoms with Gasteiger partial charge in [-0.25, -0.2) is 4.98 Å². The maximum Gasteiger partial charge on any atom is 0.208 e. The van der Waals surface area contributed by atoms with E-state index in [1.54, 1.807) is 7.11 Å². The number of rotatable bonds is 4. The van der Waals surface area contributed by atoms with Gasteiger partial charge in [0.1, 0.15) is 5.75 Å². The smallest absolute Gasteiger partial charge is 0.208 e. The molecule has 27 heavy (non-hydrogen) atoms. The topological polar surface area (TPSA) is 39.1 Å². The first-order chi connectivity index (χ1) is 12.9. The lowest BCUT2D eigenvalue weighted by atomic mass is 9.70. The molecule has 1 N–H and O–H groups in total. The third kappa shape index (κ3) is 3.66. The average Bonchev–Trinajstić information content (AvgIpc) is 2.98. The van der Waals surface area contributed by atoms with Crippen LogP contribution in [0.1, 0.15) is 46.1 Å². The number of fused-ring (bicyclic) bond motifs is 1. The number of ether oxygens (including phenoxy) is 1. The maximum absolute atomic E-state index is 5.27. The first-order valence-corrected chi connectivity index (χ1v) is 9.83. The second-order valence-electron chi connectivity index (χ2n) is 8.71. The van der Waals surface area contributed by atoms with Crippen molar-refractivity contribution in [2.75, 3.05) is 12.4 Å². The van der Waals surface area contributed by atoms with Crippen molar-refractivity contribution < 1.29 is 4.74 Å². The largest absolute Gasteiger partial charge is 0.497 e. The van der Waals surface area contributed by atoms with Crippen LogP contribution in [0.3, 0.4) is 0 Å². The van der Waals surface area contributed by atoms with E-state index in [-0.39, 0.29) is 0 Å². The first-order valence-electron chi connectivity index (χ1n) is 9.83. The molecular weight excluding hydrogens is 334 g/mol. The van der Waals surface area contributed by atoms with Crippen molar-refractivity contribution in [2.45, 2.75) is 46.1 Å². The third-order valence-electron chi connectivity index (χ3n) is 5.67. The normalized spacial score (nSPS) is 21.9. The molecule has 0 radical (unpaired) electrons. The number of para-hydroxylation sites is 2. The molecule has 1 aliphatic carbocycles. The van der Waals surface area contributed by atoms with Crippen molar-refractivity contribution >= 4 is 22.7 Å². The van der Waals surface area contributed by atoms with Gasteiger partial charge in [-0.3, -0.25) is 0 Å². The Kier molecular flexibility index (Phi) is 4.58. The van der Waals surface area contributed by atoms with Crippen LogP contribution < -0.4 is 10.1 Å². The molecule has 0 bridgehead atoms. The molecule has 1 aromatic heterocycles. The number of nitrogens with zero attached hydrogens (tertiary/aromatic N) is 2. The van der Waals surface area contributed by atoms with E-state index in [4.69, 9.17) is 9.72 Å². The molecule has 1 aliphatic rings. The van der Waals surface area contributed by atoms with Gasteiger partial charge in [-0.2, -0.15) is 0 Å². The van der Waals surface area contributed by atoms with E-state index in [0.29, 0.717) is 17.4 Å². The van der Waals surface area contributed by atoms with Gasteiger partial charge in [0, 0.05) is 11.7 Å². The Labute approximate surface area is 161 Å². The molecule has 1 fully saturated rings. The third-order valence-corrected chi connectivity index (χ3v) is 5.67. The zero-order chi connectivity index (χ0) is 19.0. The van der Waals surface area contributed by atoms with Gasteiger partial charge >= 0.3 is 0 Å². The fourth-order valence-electron chi connectivity index (χ4n) is 4.80. The minimum atomic E-state index is 0.352. The first kappa shape index (κ1) is 17.9. The molecule has 1 heterocycles. The van der Waals surface area contributed by atoms with Crippen LogP contribution in [0.5, 0.6) is 5.75 Å². The Morgan fingerprint density at radius 2 is 1.81 bits per heavy atom. The Hall–Kier alpha value is -2.49. The lowest BCUT2D eigenvalue weighted by Gasteiger charge is -2.40. The van der Waals surface area contributed by atoms with Crippen LogP contribution in [0.2, 0.25) is 0 Å². The molecule has 2 atom stereocenters. The second kappa shape index (κ2) is 6.91. The summed E-state index contributed by atoms with van der Waals surface area (Å²) in [5, 5.41) is 3.55. The van der Waals surface area contributed by atoms with Crippen molar-refractivity contribution in [3.63, 3.8) is 0 Å². The van der Waals surface area contributed by atoms with Gasteiger partial charge in [0.05, 0.1) is 18.1 Å². The van der Waals surface area contributed by atoms with Crippen molar-refractivity contribution in [1.82, 2.24) is 9.55 Å². The number of imidazole rings is 1. The molecule has 2 unspecified atom stereocenters. The molecule has 3 aromatic rings. The summed E-state index contributed by atoms with van der Waals surface area (Å²) in [6, 6.07) is 16.9. The molecule has 4 rings (SSSR count). The number of hydrogen-bond donors (Lipinski definition) is 1. The van der Waals surface area contributed by atoms with Gasteiger partial charge in [0.2, 0.25) is 5.95 Å². The lowest BCUT2D eigenvalue weighted by molar-refractivity contribution is 0.140. The van der Waals surface area contributed by atoms with Crippen LogP contribution in [0.4, 0.5) is 11.6 Å². The number of anilines is 2. The van der Waals surface area contributed by atoms with Gasteiger partial charge in [0.25, 0.3) is 0 Å². The molecule has 4 nitrogen and oxygen atoms in total. The zero-order valence-corrected chi connectivity index (χ0v) is 16.7. The summed E-state index contributed by atoms with van der Waals surface area (Å²) in [6.45, 7) is 7.17. The van der Waals surface area contributed by atoms with Crippen LogP contribution in [-0.2, 0) is 0 Å². The van der Waals surface area contributed by atoms with Crippen LogP contribution in [-0.4, -0.2) is 16.7 Å². The van der Waals surface area contributed by atoms with Crippen LogP contribution in [0.25, 0.3) is 11.0 Å². The predicted molar refractivity (Wildman–Crippen MR) is 112 cm³/mol. The van der Waals surface area contributed by atoms with Gasteiger partial charge in [-0.15, -0.1) is 0 Å². The fourth-order valence-corrected chi connectivity index (χ4v) is 4.80. The molecule has 1 saturated carbocycles. The van der Waals surface area contributed by atoms with E-state index in [1.165, 1.54) is 24.8 Å². The SMILES string of the molecule is COc1ccc(Nc2nc3ccccc3n2C2CC(C)CC(C)(C)C2)cc1. The van der Waals surface area contributed by atoms with Crippen LogP contribution in [0.15, 0.2) is 48.5 Å². The number of hydrogen-bond acceptors (Lipinski definition) is 3. The molecule has 4 heteroatoms. The highest BCUT2D eigenvalue weighted by Gasteiger charge is 2.34. The summed E-state index contributed by atoms with van der Waals surface area (Å²) < 4.78 is 7.70. The van der Waals surface area contributed by atoms with Gasteiger partial charge in [-0.05, 0) is 67.0 Å². The van der Waals surface area contributed by atoms with E-state index in [9.17, 15) is 0 Å². The Bertz CT molecular complexity index is 926. The predicted octanol–water partition coefficient (Wildman–Crippen LogP) is 6.18. The summed E-state index contributed by atoms with van der Waals surface area (Å²) in [4.78, 5) is 4.92. The van der Waals surface area contributed by atoms with E-state index in [1.807, 2.05) is 24.3 Å². The molecule has 142 valence electrons. The van der Waals surface area contributed by atoms with Crippen LogP contribution in [0, 0.1) is 11.3 Å². The highest BCUT2D eigenvalue weighted by molar-refractivity contribution is 5.80. The molecule has 0 amide bonds. The number of methoxy groups -OCH3 is 1. The van der Waals surface area contributed by atoms with E-state index in [0.717, 1.165) is 22.9 Å². The number of aromatic nitrogens is 2. The summed E-state index contributed by atoms with van der Waals surface area (Å²) in [6.07, 6.45) is 3.66. The lowest BCUT2D eigenvalue weighted by Crippen LogP contribution is -2.29. The quantitative estimate of drug-likeness (QED) is 0.602. The summed E-state index contributed by atoms with van der Waals surface area (Å²) in [5.41, 5.74) is 3.63. The molecular formula is C23H29N3O. The van der Waals surface area contributed by atoms with Crippen molar-refractivity contribution in [2.24, 2.45) is 11.3 Å². The highest BCUT2D eigenvalue weighted by atomic mass is 16.5. The summed E-state index contributed by atoms with van der Waals surface area (Å²) in [5.74, 6) is 2.50. The van der Waals surface area contributed by atoms with E-state index < -0.39 is 0 Å². The molecule has 2 aromatic carbocycles. The minimum Gasteiger partial charge on any atom is -0.497 e. The molecule has 0 saturated heterocycles. The fraction of sp³-hybridized carbons (Fsp3) is 0.435. The number of benzene rings is 2. The van der Waals surface area contributed by atoms with E-state index in [2.05, 4.69) is 54.9 Å². The van der Waals surface area contributed by atoms with Crippen molar-refractivity contribution in [3.05, 3.63) is 48.5 Å². The average molecular weight is 364 g/mol. The van der Waals surface area contributed by atoms with Gasteiger partial charge in [-0.1, -0.05) is 32.9 Å². The van der Waals surface area contributed by atoms with Gasteiger partial charge in [0.15, 0.2) is 0 Å². The second-order valence-corrected chi connectivity index (χ2v) is 8.71. The monoisotopic (exact) mass is 363 g/mol. The Morgan fingerprint density at radius 3 is 2.52 bits per heavy atom. The Morgan fingerprint density at radius 1 is 1.07 bits per heavy atom. The maximum atomic E-state index is 5.27. The Balaban J connectivity index is 1.75. The summed E-state index contributed by atoms with van der Waals surface area (Å²) in [7, 11) is 1.69. The van der Waals surface area contributed by atoms with Crippen molar-refractivity contribution in [1.29, 1.82) is 0 Å². The summed E-state index contributed by atoms with van der Waals surface area (Å²) >= 11 is 0. The van der Waals surface area contributed by atoms with Crippen molar-refractivity contribution in [3.8, 4) is 5.75 Å². The zero-order valence-electron chi connectivity index (χ0n) is 16.7. The number of nitrogens with one attached hydrogen (secondary N) is 1. The van der Waals surface area contributed by atoms with E-state index >= 15 is 0 Å². The molecule has 0 spiro atoms. The van der Waals surface area contributed by atoms with Gasteiger partial charge < -0.3 is 14.6 Å². The standard InChI is InChI=1S/C23H29N3O/c1-16-13-18(15-23(2,3)14-16)26-21-8-6-5-7-20(21)25-22(26)24-17-9-11-19(27-4)12-10-17/h5-12,16,18H,13-15H2,1-4H3,(H,24,25). The minimum absolute atomic E-state index is 0.352. The molecule has 0 aliphatic heterocycles. The highest BCUT2D eigenvalue weighted by Crippen LogP contribution is 2.46.